The number of carbonyl (C=O) groups is 2. The third kappa shape index (κ3) is 7.84. The summed E-state index contributed by atoms with van der Waals surface area (Å²) in [6.07, 6.45) is 0.652. The Labute approximate surface area is 255 Å². The Hall–Kier alpha value is -3.77. The van der Waals surface area contributed by atoms with Gasteiger partial charge in [0.1, 0.15) is 0 Å². The summed E-state index contributed by atoms with van der Waals surface area (Å²) in [4.78, 5) is 35.5. The van der Waals surface area contributed by atoms with E-state index in [1.54, 1.807) is 4.52 Å². The van der Waals surface area contributed by atoms with Crippen LogP contribution in [-0.2, 0) is 11.2 Å². The lowest BCUT2D eigenvalue weighted by Gasteiger charge is -2.30. The minimum absolute atomic E-state index is 0.0393. The molecule has 1 aromatic carbocycles. The lowest BCUT2D eigenvalue weighted by atomic mass is 9.94. The molecule has 0 spiro atoms. The summed E-state index contributed by atoms with van der Waals surface area (Å²) in [5.41, 5.74) is 3.31. The van der Waals surface area contributed by atoms with Crippen LogP contribution in [0.5, 0.6) is 0 Å². The van der Waals surface area contributed by atoms with Crippen molar-refractivity contribution < 1.29 is 27.9 Å². The van der Waals surface area contributed by atoms with Gasteiger partial charge in [-0.05, 0) is 75.2 Å². The van der Waals surface area contributed by atoms with Gasteiger partial charge in [-0.2, -0.15) is 18.3 Å². The number of aliphatic hydroxyl groups is 1. The summed E-state index contributed by atoms with van der Waals surface area (Å²) >= 11 is 0. The number of fused-ring (bicyclic) bond motifs is 1. The van der Waals surface area contributed by atoms with E-state index in [1.807, 2.05) is 72.6 Å². The fraction of sp³-hybridized carbons (Fsp3) is 0.500. The number of halogens is 3. The van der Waals surface area contributed by atoms with Gasteiger partial charge in [-0.15, -0.1) is 0 Å². The summed E-state index contributed by atoms with van der Waals surface area (Å²) < 4.78 is 39.3. The number of hydrogen-bond acceptors (Lipinski definition) is 6. The predicted octanol–water partition coefficient (Wildman–Crippen LogP) is 4.20. The molecule has 2 aliphatic heterocycles. The van der Waals surface area contributed by atoms with Crippen LogP contribution in [0.4, 0.5) is 13.2 Å². The summed E-state index contributed by atoms with van der Waals surface area (Å²) in [7, 11) is 3.88. The molecular weight excluding hydrogens is 573 g/mol. The molecule has 0 saturated carbocycles. The van der Waals surface area contributed by atoms with E-state index >= 15 is 0 Å². The molecule has 1 atom stereocenters. The Kier molecular flexibility index (Phi) is 9.40. The van der Waals surface area contributed by atoms with Crippen molar-refractivity contribution in [2.24, 2.45) is 0 Å². The number of aromatic nitrogens is 3. The number of benzene rings is 1. The zero-order chi connectivity index (χ0) is 31.5. The normalized spacial score (nSPS) is 19.8. The average molecular weight is 613 g/mol. The molecule has 2 aromatic heterocycles. The van der Waals surface area contributed by atoms with Gasteiger partial charge in [0, 0.05) is 62.9 Å². The van der Waals surface area contributed by atoms with Crippen molar-refractivity contribution in [3.63, 3.8) is 0 Å². The van der Waals surface area contributed by atoms with Crippen LogP contribution < -0.4 is 0 Å². The van der Waals surface area contributed by atoms with Crippen LogP contribution in [0, 0.1) is 0 Å². The molecule has 0 aliphatic carbocycles. The first kappa shape index (κ1) is 31.6. The third-order valence-electron chi connectivity index (χ3n) is 8.31. The molecule has 1 N–H and O–H groups in total. The quantitative estimate of drug-likeness (QED) is 0.410. The van der Waals surface area contributed by atoms with Crippen molar-refractivity contribution in [2.75, 3.05) is 46.8 Å². The second-order valence-electron chi connectivity index (χ2n) is 12.1. The van der Waals surface area contributed by atoms with Gasteiger partial charge in [0.05, 0.1) is 12.0 Å². The van der Waals surface area contributed by atoms with Gasteiger partial charge in [-0.1, -0.05) is 18.2 Å². The molecule has 2 amide bonds. The maximum Gasteiger partial charge on any atom is 0.389 e. The Balaban J connectivity index is 1.22. The maximum absolute atomic E-state index is 13.2. The Morgan fingerprint density at radius 2 is 1.82 bits per heavy atom. The van der Waals surface area contributed by atoms with E-state index in [2.05, 4.69) is 5.10 Å². The molecule has 12 heteroatoms. The predicted molar refractivity (Wildman–Crippen MR) is 160 cm³/mol. The van der Waals surface area contributed by atoms with Crippen molar-refractivity contribution in [3.8, 4) is 0 Å². The monoisotopic (exact) mass is 612 g/mol. The Morgan fingerprint density at radius 3 is 2.50 bits per heavy atom. The number of carbonyl (C=O) groups excluding carboxylic acids is 2. The van der Waals surface area contributed by atoms with Crippen LogP contribution in [-0.4, -0.2) is 105 Å². The topological polar surface area (TPSA) is 94.3 Å². The summed E-state index contributed by atoms with van der Waals surface area (Å²) in [6.45, 7) is 2.32. The number of amides is 2. The van der Waals surface area contributed by atoms with E-state index in [0.29, 0.717) is 68.9 Å². The Bertz CT molecular complexity index is 1520. The molecule has 9 nitrogen and oxygen atoms in total. The first-order chi connectivity index (χ1) is 20.9. The molecule has 236 valence electrons. The van der Waals surface area contributed by atoms with Crippen molar-refractivity contribution >= 4 is 23.0 Å². The maximum atomic E-state index is 13.2. The van der Waals surface area contributed by atoms with Gasteiger partial charge in [0.15, 0.2) is 11.5 Å². The van der Waals surface area contributed by atoms with Crippen molar-refractivity contribution in [1.29, 1.82) is 0 Å². The standard InChI is InChI=1S/C32H39F3N6O3/c1-38(2)22-31(44)13-4-16-40(20-15-31)30(43)25-8-6-23(7-9-25)21-27-36-29-26(5-3-17-41(29)37-27)24-11-18-39(19-12-24)28(42)10-14-32(33,34)35/h3,5-9,11,17,44H,4,10,12-16,18-22H2,1-2H3. The second kappa shape index (κ2) is 13.1. The third-order valence-corrected chi connectivity index (χ3v) is 8.31. The molecule has 1 saturated heterocycles. The van der Waals surface area contributed by atoms with Crippen LogP contribution in [0.3, 0.4) is 0 Å². The number of alkyl halides is 3. The molecule has 1 fully saturated rings. The zero-order valence-corrected chi connectivity index (χ0v) is 25.2. The first-order valence-electron chi connectivity index (χ1n) is 15.0. The number of pyridine rings is 1. The lowest BCUT2D eigenvalue weighted by Crippen LogP contribution is -2.41. The number of rotatable bonds is 8. The van der Waals surface area contributed by atoms with Gasteiger partial charge in [-0.25, -0.2) is 9.50 Å². The van der Waals surface area contributed by atoms with Crippen LogP contribution in [0.25, 0.3) is 11.2 Å². The lowest BCUT2D eigenvalue weighted by molar-refractivity contribution is -0.148. The van der Waals surface area contributed by atoms with Crippen LogP contribution in [0.1, 0.15) is 65.8 Å². The molecule has 5 rings (SSSR count). The van der Waals surface area contributed by atoms with Crippen LogP contribution >= 0.6 is 0 Å². The highest BCUT2D eigenvalue weighted by molar-refractivity contribution is 5.94. The van der Waals surface area contributed by atoms with Gasteiger partial charge in [0.2, 0.25) is 5.91 Å². The van der Waals surface area contributed by atoms with E-state index in [4.69, 9.17) is 4.98 Å². The fourth-order valence-electron chi connectivity index (χ4n) is 6.08. The van der Waals surface area contributed by atoms with Gasteiger partial charge in [-0.3, -0.25) is 9.59 Å². The highest BCUT2D eigenvalue weighted by atomic mass is 19.4. The number of likely N-dealkylation sites (tertiary alicyclic amines) is 1. The number of nitrogens with zero attached hydrogens (tertiary/aromatic N) is 6. The van der Waals surface area contributed by atoms with E-state index in [-0.39, 0.29) is 12.5 Å². The van der Waals surface area contributed by atoms with Crippen molar-refractivity contribution in [1.82, 2.24) is 29.3 Å². The second-order valence-corrected chi connectivity index (χ2v) is 12.1. The molecule has 4 heterocycles. The average Bonchev–Trinajstić information content (AvgIpc) is 3.29. The fourth-order valence-corrected chi connectivity index (χ4v) is 6.08. The van der Waals surface area contributed by atoms with Gasteiger partial charge >= 0.3 is 6.18 Å². The molecule has 1 unspecified atom stereocenters. The summed E-state index contributed by atoms with van der Waals surface area (Å²) in [5.74, 6) is 0.0825. The molecule has 44 heavy (non-hydrogen) atoms. The first-order valence-corrected chi connectivity index (χ1v) is 15.0. The van der Waals surface area contributed by atoms with Crippen LogP contribution in [0.15, 0.2) is 48.7 Å². The van der Waals surface area contributed by atoms with E-state index in [1.165, 1.54) is 4.90 Å². The highest BCUT2D eigenvalue weighted by Gasteiger charge is 2.32. The van der Waals surface area contributed by atoms with Crippen molar-refractivity contribution in [3.05, 3.63) is 71.2 Å². The number of hydrogen-bond donors (Lipinski definition) is 1. The molecule has 2 aliphatic rings. The molecule has 3 aromatic rings. The van der Waals surface area contributed by atoms with E-state index in [0.717, 1.165) is 23.1 Å². The molecule has 0 bridgehead atoms. The van der Waals surface area contributed by atoms with Gasteiger partial charge < -0.3 is 19.8 Å². The van der Waals surface area contributed by atoms with E-state index < -0.39 is 30.5 Å². The molecule has 0 radical (unpaired) electrons. The minimum Gasteiger partial charge on any atom is -0.388 e. The summed E-state index contributed by atoms with van der Waals surface area (Å²) in [6, 6.07) is 11.3. The Morgan fingerprint density at radius 1 is 1.05 bits per heavy atom. The van der Waals surface area contributed by atoms with Gasteiger partial charge in [0.25, 0.3) is 5.91 Å². The minimum atomic E-state index is -4.35. The highest BCUT2D eigenvalue weighted by Crippen LogP contribution is 2.28. The smallest absolute Gasteiger partial charge is 0.388 e. The number of likely N-dealkylation sites (N-methyl/N-ethyl adjacent to an activating group) is 1. The van der Waals surface area contributed by atoms with E-state index in [9.17, 15) is 27.9 Å². The van der Waals surface area contributed by atoms with Crippen LogP contribution in [0.2, 0.25) is 0 Å². The zero-order valence-electron chi connectivity index (χ0n) is 25.2. The largest absolute Gasteiger partial charge is 0.389 e. The SMILES string of the molecule is CN(C)CC1(O)CCCN(C(=O)c2ccc(Cc3nc4c(C5=CCN(C(=O)CCC(F)(F)F)CC5)cccn4n3)cc2)CC1. The van der Waals surface area contributed by atoms with Crippen molar-refractivity contribution in [2.45, 2.75) is 56.7 Å². The molecular formula is C32H39F3N6O3. The summed E-state index contributed by atoms with van der Waals surface area (Å²) in [5, 5.41) is 15.6.